The predicted octanol–water partition coefficient (Wildman–Crippen LogP) is 1.62. The third-order valence-corrected chi connectivity index (χ3v) is 3.98. The van der Waals surface area contributed by atoms with Crippen molar-refractivity contribution in [2.45, 2.75) is 26.2 Å². The molecule has 0 radical (unpaired) electrons. The van der Waals surface area contributed by atoms with Crippen molar-refractivity contribution < 1.29 is 29.3 Å². The molecule has 1 rings (SSSR count). The molecule has 20 heavy (non-hydrogen) atoms. The molecule has 6 heteroatoms. The lowest BCUT2D eigenvalue weighted by Crippen LogP contribution is -2.51. The number of carbonyl (C=O) groups excluding carboxylic acids is 1. The van der Waals surface area contributed by atoms with E-state index in [4.69, 9.17) is 4.74 Å². The Morgan fingerprint density at radius 3 is 2.50 bits per heavy atom. The lowest BCUT2D eigenvalue weighted by Gasteiger charge is -2.43. The zero-order valence-corrected chi connectivity index (χ0v) is 11.3. The van der Waals surface area contributed by atoms with Crippen molar-refractivity contribution in [1.82, 2.24) is 0 Å². The van der Waals surface area contributed by atoms with E-state index in [1.807, 2.05) is 0 Å². The highest BCUT2D eigenvalue weighted by Crippen LogP contribution is 2.50. The van der Waals surface area contributed by atoms with Crippen LogP contribution in [0.15, 0.2) is 24.8 Å². The summed E-state index contributed by atoms with van der Waals surface area (Å²) in [6.07, 6.45) is 4.67. The molecule has 6 nitrogen and oxygen atoms in total. The third-order valence-electron chi connectivity index (χ3n) is 3.98. The SMILES string of the molecule is C=CC(=O)OCCC1(C(=O)O)CCC=CC1(C)C(=O)O. The fourth-order valence-electron chi connectivity index (χ4n) is 2.55. The zero-order valence-electron chi connectivity index (χ0n) is 11.3. The summed E-state index contributed by atoms with van der Waals surface area (Å²) in [5.74, 6) is -3.05. The molecule has 0 amide bonds. The molecule has 110 valence electrons. The standard InChI is InChI=1S/C14H18O6/c1-3-10(15)20-9-8-14(12(18)19)7-5-4-6-13(14,2)11(16)17/h3-4,6H,1,5,7-9H2,2H3,(H,16,17)(H,18,19). The van der Waals surface area contributed by atoms with Crippen LogP contribution in [0.25, 0.3) is 0 Å². The molecule has 0 saturated heterocycles. The van der Waals surface area contributed by atoms with Gasteiger partial charge in [0, 0.05) is 6.08 Å². The van der Waals surface area contributed by atoms with E-state index >= 15 is 0 Å². The van der Waals surface area contributed by atoms with Gasteiger partial charge in [0.15, 0.2) is 0 Å². The number of hydrogen-bond acceptors (Lipinski definition) is 4. The number of allylic oxidation sites excluding steroid dienone is 1. The molecule has 0 aromatic carbocycles. The van der Waals surface area contributed by atoms with Crippen LogP contribution < -0.4 is 0 Å². The van der Waals surface area contributed by atoms with Gasteiger partial charge in [-0.05, 0) is 26.2 Å². The second kappa shape index (κ2) is 5.90. The Morgan fingerprint density at radius 2 is 2.00 bits per heavy atom. The number of ether oxygens (including phenoxy) is 1. The first-order valence-corrected chi connectivity index (χ1v) is 6.24. The van der Waals surface area contributed by atoms with Crippen molar-refractivity contribution in [2.75, 3.05) is 6.61 Å². The molecule has 1 aliphatic rings. The molecule has 2 atom stereocenters. The molecular formula is C14H18O6. The lowest BCUT2D eigenvalue weighted by atomic mass is 9.58. The summed E-state index contributed by atoms with van der Waals surface area (Å²) in [5, 5.41) is 18.9. The first kappa shape index (κ1) is 15.9. The molecular weight excluding hydrogens is 264 g/mol. The summed E-state index contributed by atoms with van der Waals surface area (Å²) in [6, 6.07) is 0. The first-order valence-electron chi connectivity index (χ1n) is 6.24. The molecule has 1 aliphatic carbocycles. The number of carbonyl (C=O) groups is 3. The Labute approximate surface area is 116 Å². The maximum absolute atomic E-state index is 11.7. The maximum atomic E-state index is 11.7. The van der Waals surface area contributed by atoms with Crippen molar-refractivity contribution in [3.05, 3.63) is 24.8 Å². The Balaban J connectivity index is 3.04. The fourth-order valence-corrected chi connectivity index (χ4v) is 2.55. The summed E-state index contributed by atoms with van der Waals surface area (Å²) in [6.45, 7) is 4.46. The van der Waals surface area contributed by atoms with Gasteiger partial charge in [0.1, 0.15) is 0 Å². The van der Waals surface area contributed by atoms with Gasteiger partial charge in [0.25, 0.3) is 0 Å². The fraction of sp³-hybridized carbons (Fsp3) is 0.500. The second-order valence-electron chi connectivity index (χ2n) is 4.96. The number of rotatable bonds is 6. The maximum Gasteiger partial charge on any atom is 0.330 e. The Kier molecular flexibility index (Phi) is 4.70. The number of hydrogen-bond donors (Lipinski definition) is 2. The van der Waals surface area contributed by atoms with Crippen LogP contribution in [0.3, 0.4) is 0 Å². The van der Waals surface area contributed by atoms with Crippen molar-refractivity contribution >= 4 is 17.9 Å². The van der Waals surface area contributed by atoms with Gasteiger partial charge in [0.05, 0.1) is 17.4 Å². The summed E-state index contributed by atoms with van der Waals surface area (Å²) in [4.78, 5) is 34.2. The average molecular weight is 282 g/mol. The predicted molar refractivity (Wildman–Crippen MR) is 70.0 cm³/mol. The van der Waals surface area contributed by atoms with Gasteiger partial charge in [0.2, 0.25) is 0 Å². The topological polar surface area (TPSA) is 101 Å². The lowest BCUT2D eigenvalue weighted by molar-refractivity contribution is -0.172. The number of aliphatic carboxylic acids is 2. The smallest absolute Gasteiger partial charge is 0.330 e. The third kappa shape index (κ3) is 2.59. The molecule has 2 unspecified atom stereocenters. The van der Waals surface area contributed by atoms with E-state index in [2.05, 4.69) is 6.58 Å². The average Bonchev–Trinajstić information content (AvgIpc) is 2.40. The highest BCUT2D eigenvalue weighted by molar-refractivity contribution is 5.88. The van der Waals surface area contributed by atoms with Crippen LogP contribution in [0, 0.1) is 10.8 Å². The number of carboxylic acid groups (broad SMARTS) is 2. The summed E-state index contributed by atoms with van der Waals surface area (Å²) in [5.41, 5.74) is -3.02. The monoisotopic (exact) mass is 282 g/mol. The molecule has 0 saturated carbocycles. The van der Waals surface area contributed by atoms with Gasteiger partial charge in [-0.3, -0.25) is 9.59 Å². The molecule has 0 bridgehead atoms. The van der Waals surface area contributed by atoms with Crippen LogP contribution >= 0.6 is 0 Å². The van der Waals surface area contributed by atoms with Crippen LogP contribution in [0.2, 0.25) is 0 Å². The largest absolute Gasteiger partial charge is 0.481 e. The summed E-state index contributed by atoms with van der Waals surface area (Å²) >= 11 is 0. The molecule has 2 N–H and O–H groups in total. The van der Waals surface area contributed by atoms with E-state index < -0.39 is 28.7 Å². The van der Waals surface area contributed by atoms with E-state index in [9.17, 15) is 24.6 Å². The Bertz CT molecular complexity index is 466. The molecule has 0 heterocycles. The van der Waals surface area contributed by atoms with Crippen LogP contribution in [-0.2, 0) is 19.1 Å². The molecule has 0 aromatic rings. The minimum absolute atomic E-state index is 0.0605. The van der Waals surface area contributed by atoms with Gasteiger partial charge in [-0.2, -0.15) is 0 Å². The molecule has 0 aromatic heterocycles. The van der Waals surface area contributed by atoms with E-state index in [0.29, 0.717) is 6.42 Å². The normalized spacial score (nSPS) is 28.6. The van der Waals surface area contributed by atoms with Crippen LogP contribution in [0.5, 0.6) is 0 Å². The summed E-state index contributed by atoms with van der Waals surface area (Å²) < 4.78 is 4.80. The van der Waals surface area contributed by atoms with Gasteiger partial charge in [-0.1, -0.05) is 18.7 Å². The minimum Gasteiger partial charge on any atom is -0.481 e. The van der Waals surface area contributed by atoms with Crippen molar-refractivity contribution in [1.29, 1.82) is 0 Å². The Morgan fingerprint density at radius 1 is 1.35 bits per heavy atom. The van der Waals surface area contributed by atoms with Crippen molar-refractivity contribution in [3.63, 3.8) is 0 Å². The van der Waals surface area contributed by atoms with Crippen LogP contribution in [0.4, 0.5) is 0 Å². The summed E-state index contributed by atoms with van der Waals surface area (Å²) in [7, 11) is 0. The van der Waals surface area contributed by atoms with Crippen LogP contribution in [-0.4, -0.2) is 34.7 Å². The van der Waals surface area contributed by atoms with Crippen LogP contribution in [0.1, 0.15) is 26.2 Å². The first-order chi connectivity index (χ1) is 9.30. The highest BCUT2D eigenvalue weighted by Gasteiger charge is 2.57. The minimum atomic E-state index is -1.53. The van der Waals surface area contributed by atoms with Gasteiger partial charge < -0.3 is 14.9 Å². The van der Waals surface area contributed by atoms with Gasteiger partial charge in [-0.25, -0.2) is 4.79 Å². The van der Waals surface area contributed by atoms with Crippen molar-refractivity contribution in [3.8, 4) is 0 Å². The number of esters is 1. The van der Waals surface area contributed by atoms with E-state index in [-0.39, 0.29) is 19.4 Å². The van der Waals surface area contributed by atoms with Crippen molar-refractivity contribution in [2.24, 2.45) is 10.8 Å². The quantitative estimate of drug-likeness (QED) is 0.436. The molecule has 0 fully saturated rings. The van der Waals surface area contributed by atoms with Gasteiger partial charge in [-0.15, -0.1) is 0 Å². The molecule has 0 spiro atoms. The number of carboxylic acids is 2. The van der Waals surface area contributed by atoms with E-state index in [1.54, 1.807) is 6.08 Å². The highest BCUT2D eigenvalue weighted by atomic mass is 16.5. The Hall–Kier alpha value is -2.11. The van der Waals surface area contributed by atoms with E-state index in [0.717, 1.165) is 6.08 Å². The van der Waals surface area contributed by atoms with E-state index in [1.165, 1.54) is 13.0 Å². The van der Waals surface area contributed by atoms with Gasteiger partial charge >= 0.3 is 17.9 Å². The zero-order chi connectivity index (χ0) is 15.4. The molecule has 0 aliphatic heterocycles. The second-order valence-corrected chi connectivity index (χ2v) is 4.96.